The number of aromatic nitrogens is 2. The highest BCUT2D eigenvalue weighted by Gasteiger charge is 2.30. The van der Waals surface area contributed by atoms with E-state index < -0.39 is 0 Å². The number of hydrogen-bond donors (Lipinski definition) is 1. The summed E-state index contributed by atoms with van der Waals surface area (Å²) in [7, 11) is 2.06. The van der Waals surface area contributed by atoms with Crippen molar-refractivity contribution in [3.63, 3.8) is 0 Å². The van der Waals surface area contributed by atoms with E-state index in [9.17, 15) is 0 Å². The first-order valence-corrected chi connectivity index (χ1v) is 8.05. The molecule has 0 aliphatic heterocycles. The molecule has 0 saturated heterocycles. The average Bonchev–Trinajstić information content (AvgIpc) is 2.91. The van der Waals surface area contributed by atoms with Crippen LogP contribution in [-0.2, 0) is 6.42 Å². The summed E-state index contributed by atoms with van der Waals surface area (Å²) >= 11 is 0. The molecular weight excluding hydrogens is 234 g/mol. The van der Waals surface area contributed by atoms with E-state index >= 15 is 0 Å². The molecule has 2 atom stereocenters. The van der Waals surface area contributed by atoms with E-state index in [-0.39, 0.29) is 0 Å². The Morgan fingerprint density at radius 1 is 1.16 bits per heavy atom. The van der Waals surface area contributed by atoms with Crippen LogP contribution in [0.5, 0.6) is 0 Å². The molecule has 1 N–H and O–H groups in total. The third-order valence-corrected chi connectivity index (χ3v) is 5.12. The molecule has 1 aromatic heterocycles. The molecule has 2 fully saturated rings. The zero-order valence-corrected chi connectivity index (χ0v) is 12.1. The van der Waals surface area contributed by atoms with Gasteiger partial charge in [0.2, 0.25) is 0 Å². The normalized spacial score (nSPS) is 28.3. The molecule has 1 heterocycles. The van der Waals surface area contributed by atoms with Gasteiger partial charge >= 0.3 is 0 Å². The van der Waals surface area contributed by atoms with Gasteiger partial charge in [-0.25, -0.2) is 0 Å². The highest BCUT2D eigenvalue weighted by atomic mass is 15.3. The SMILES string of the molecule is CNCC1CCC1Cc1ccn(C2CCCCC2)n1. The summed E-state index contributed by atoms with van der Waals surface area (Å²) in [6, 6.07) is 2.93. The van der Waals surface area contributed by atoms with Crippen molar-refractivity contribution in [3.05, 3.63) is 18.0 Å². The lowest BCUT2D eigenvalue weighted by Gasteiger charge is -2.36. The van der Waals surface area contributed by atoms with Crippen molar-refractivity contribution in [1.29, 1.82) is 0 Å². The maximum Gasteiger partial charge on any atom is 0.0627 e. The third-order valence-electron chi connectivity index (χ3n) is 5.12. The summed E-state index contributed by atoms with van der Waals surface area (Å²) in [5.41, 5.74) is 1.32. The quantitative estimate of drug-likeness (QED) is 0.882. The predicted molar refractivity (Wildman–Crippen MR) is 78.2 cm³/mol. The molecule has 0 bridgehead atoms. The zero-order valence-electron chi connectivity index (χ0n) is 12.1. The van der Waals surface area contributed by atoms with Gasteiger partial charge in [-0.3, -0.25) is 4.68 Å². The molecule has 3 rings (SSSR count). The molecule has 2 saturated carbocycles. The molecule has 2 unspecified atom stereocenters. The lowest BCUT2D eigenvalue weighted by Crippen LogP contribution is -2.35. The predicted octanol–water partition coefficient (Wildman–Crippen LogP) is 3.18. The Balaban J connectivity index is 1.55. The molecule has 19 heavy (non-hydrogen) atoms. The standard InChI is InChI=1S/C16H27N3/c1-17-12-14-8-7-13(14)11-15-9-10-19(18-15)16-5-3-2-4-6-16/h9-10,13-14,16-17H,2-8,11-12H2,1H3. The first-order valence-electron chi connectivity index (χ1n) is 8.05. The van der Waals surface area contributed by atoms with Crippen molar-refractivity contribution in [3.8, 4) is 0 Å². The Kier molecular flexibility index (Phi) is 4.21. The van der Waals surface area contributed by atoms with E-state index in [2.05, 4.69) is 29.3 Å². The van der Waals surface area contributed by atoms with Crippen molar-refractivity contribution < 1.29 is 0 Å². The van der Waals surface area contributed by atoms with Crippen molar-refractivity contribution in [2.24, 2.45) is 11.8 Å². The number of rotatable bonds is 5. The fraction of sp³-hybridized carbons (Fsp3) is 0.812. The molecule has 0 radical (unpaired) electrons. The Labute approximate surface area is 116 Å². The maximum atomic E-state index is 4.85. The maximum absolute atomic E-state index is 4.85. The van der Waals surface area contributed by atoms with E-state index in [4.69, 9.17) is 5.10 Å². The van der Waals surface area contributed by atoms with E-state index in [1.54, 1.807) is 0 Å². The Morgan fingerprint density at radius 2 is 1.95 bits per heavy atom. The Bertz CT molecular complexity index is 392. The molecule has 3 nitrogen and oxygen atoms in total. The third kappa shape index (κ3) is 3.02. The highest BCUT2D eigenvalue weighted by Crippen LogP contribution is 2.36. The highest BCUT2D eigenvalue weighted by molar-refractivity contribution is 5.03. The van der Waals surface area contributed by atoms with Crippen molar-refractivity contribution in [1.82, 2.24) is 15.1 Å². The molecule has 0 aromatic carbocycles. The first kappa shape index (κ1) is 13.2. The van der Waals surface area contributed by atoms with Gasteiger partial charge in [0.1, 0.15) is 0 Å². The van der Waals surface area contributed by atoms with E-state index in [1.165, 1.54) is 63.6 Å². The van der Waals surface area contributed by atoms with Gasteiger partial charge in [0, 0.05) is 6.20 Å². The molecule has 1 aromatic rings. The van der Waals surface area contributed by atoms with Gasteiger partial charge in [-0.1, -0.05) is 19.3 Å². The molecule has 3 heteroatoms. The molecule has 0 amide bonds. The number of nitrogens with zero attached hydrogens (tertiary/aromatic N) is 2. The van der Waals surface area contributed by atoms with Crippen LogP contribution >= 0.6 is 0 Å². The van der Waals surface area contributed by atoms with Gasteiger partial charge < -0.3 is 5.32 Å². The van der Waals surface area contributed by atoms with Gasteiger partial charge in [0.25, 0.3) is 0 Å². The van der Waals surface area contributed by atoms with Crippen LogP contribution in [0.4, 0.5) is 0 Å². The minimum Gasteiger partial charge on any atom is -0.319 e. The fourth-order valence-corrected chi connectivity index (χ4v) is 3.74. The lowest BCUT2D eigenvalue weighted by molar-refractivity contribution is 0.172. The molecular formula is C16H27N3. The van der Waals surface area contributed by atoms with Crippen LogP contribution < -0.4 is 5.32 Å². The van der Waals surface area contributed by atoms with Crippen LogP contribution in [0.25, 0.3) is 0 Å². The van der Waals surface area contributed by atoms with Crippen molar-refractivity contribution >= 4 is 0 Å². The lowest BCUT2D eigenvalue weighted by atomic mass is 9.71. The summed E-state index contributed by atoms with van der Waals surface area (Å²) in [5.74, 6) is 1.74. The summed E-state index contributed by atoms with van der Waals surface area (Å²) in [4.78, 5) is 0. The van der Waals surface area contributed by atoms with Gasteiger partial charge in [0.15, 0.2) is 0 Å². The van der Waals surface area contributed by atoms with Crippen LogP contribution in [0.3, 0.4) is 0 Å². The Morgan fingerprint density at radius 3 is 2.63 bits per heavy atom. The van der Waals surface area contributed by atoms with Crippen molar-refractivity contribution in [2.75, 3.05) is 13.6 Å². The summed E-state index contributed by atoms with van der Waals surface area (Å²) < 4.78 is 2.25. The first-order chi connectivity index (χ1) is 9.36. The largest absolute Gasteiger partial charge is 0.319 e. The van der Waals surface area contributed by atoms with Crippen LogP contribution in [0.15, 0.2) is 12.3 Å². The fourth-order valence-electron chi connectivity index (χ4n) is 3.74. The smallest absolute Gasteiger partial charge is 0.0627 e. The van der Waals surface area contributed by atoms with Crippen molar-refractivity contribution in [2.45, 2.75) is 57.4 Å². The second-order valence-electron chi connectivity index (χ2n) is 6.44. The van der Waals surface area contributed by atoms with Gasteiger partial charge in [-0.15, -0.1) is 0 Å². The van der Waals surface area contributed by atoms with E-state index in [0.29, 0.717) is 6.04 Å². The molecule has 2 aliphatic rings. The minimum absolute atomic E-state index is 0.678. The zero-order chi connectivity index (χ0) is 13.1. The molecule has 0 spiro atoms. The summed E-state index contributed by atoms with van der Waals surface area (Å²) in [6.45, 7) is 1.17. The minimum atomic E-state index is 0.678. The number of hydrogen-bond acceptors (Lipinski definition) is 2. The summed E-state index contributed by atoms with van der Waals surface area (Å²) in [5, 5.41) is 8.16. The topological polar surface area (TPSA) is 29.9 Å². The second kappa shape index (κ2) is 6.08. The monoisotopic (exact) mass is 261 g/mol. The van der Waals surface area contributed by atoms with E-state index in [0.717, 1.165) is 11.8 Å². The van der Waals surface area contributed by atoms with Gasteiger partial charge in [0.05, 0.1) is 11.7 Å². The van der Waals surface area contributed by atoms with Crippen LogP contribution in [0.1, 0.15) is 56.7 Å². The molecule has 106 valence electrons. The van der Waals surface area contributed by atoms with Gasteiger partial charge in [-0.05, 0) is 63.6 Å². The molecule has 2 aliphatic carbocycles. The van der Waals surface area contributed by atoms with E-state index in [1.807, 2.05) is 0 Å². The average molecular weight is 261 g/mol. The van der Waals surface area contributed by atoms with Crippen LogP contribution in [0, 0.1) is 11.8 Å². The van der Waals surface area contributed by atoms with Crippen LogP contribution in [-0.4, -0.2) is 23.4 Å². The number of nitrogens with one attached hydrogen (secondary N) is 1. The Hall–Kier alpha value is -0.830. The van der Waals surface area contributed by atoms with Crippen LogP contribution in [0.2, 0.25) is 0 Å². The second-order valence-corrected chi connectivity index (χ2v) is 6.44. The van der Waals surface area contributed by atoms with Gasteiger partial charge in [-0.2, -0.15) is 5.10 Å². The summed E-state index contributed by atoms with van der Waals surface area (Å²) in [6.07, 6.45) is 13.0.